The van der Waals surface area contributed by atoms with E-state index in [-0.39, 0.29) is 0 Å². The average Bonchev–Trinajstić information content (AvgIpc) is 2.67. The first kappa shape index (κ1) is 12.6. The molecule has 1 aliphatic rings. The first-order valence-electron chi connectivity index (χ1n) is 6.41. The van der Waals surface area contributed by atoms with Crippen molar-refractivity contribution >= 4 is 0 Å². The molecule has 1 aromatic heterocycles. The zero-order valence-electron chi connectivity index (χ0n) is 11.0. The highest BCUT2D eigenvalue weighted by Gasteiger charge is 2.20. The van der Waals surface area contributed by atoms with E-state index < -0.39 is 0 Å². The van der Waals surface area contributed by atoms with E-state index in [1.165, 1.54) is 0 Å². The van der Waals surface area contributed by atoms with Gasteiger partial charge in [0.05, 0.1) is 12.2 Å². The first-order chi connectivity index (χ1) is 8.16. The van der Waals surface area contributed by atoms with Crippen LogP contribution in [0.15, 0.2) is 4.42 Å². The van der Waals surface area contributed by atoms with Gasteiger partial charge < -0.3 is 14.5 Å². The Morgan fingerprint density at radius 3 is 2.65 bits per heavy atom. The van der Waals surface area contributed by atoms with Crippen LogP contribution in [-0.4, -0.2) is 24.2 Å². The molecule has 1 aromatic rings. The Morgan fingerprint density at radius 2 is 2.06 bits per heavy atom. The minimum Gasteiger partial charge on any atom is -0.444 e. The van der Waals surface area contributed by atoms with E-state index in [9.17, 15) is 0 Å². The molecule has 1 aliphatic heterocycles. The topological polar surface area (TPSA) is 47.3 Å². The fourth-order valence-electron chi connectivity index (χ4n) is 2.25. The summed E-state index contributed by atoms with van der Waals surface area (Å²) in [4.78, 5) is 4.37. The van der Waals surface area contributed by atoms with E-state index in [2.05, 4.69) is 17.2 Å². The van der Waals surface area contributed by atoms with Gasteiger partial charge in [0.1, 0.15) is 5.76 Å². The van der Waals surface area contributed by atoms with Gasteiger partial charge in [0.25, 0.3) is 0 Å². The Hall–Kier alpha value is -0.870. The summed E-state index contributed by atoms with van der Waals surface area (Å²) in [7, 11) is 0. The normalized spacial score (nSPS) is 19.5. The van der Waals surface area contributed by atoms with Crippen LogP contribution in [0.2, 0.25) is 0 Å². The van der Waals surface area contributed by atoms with E-state index in [0.717, 1.165) is 43.4 Å². The summed E-state index contributed by atoms with van der Waals surface area (Å²) < 4.78 is 10.9. The second-order valence-corrected chi connectivity index (χ2v) is 4.87. The summed E-state index contributed by atoms with van der Waals surface area (Å²) >= 11 is 0. The third kappa shape index (κ3) is 3.30. The van der Waals surface area contributed by atoms with Gasteiger partial charge in [0.2, 0.25) is 5.89 Å². The number of aryl methyl sites for hydroxylation is 2. The summed E-state index contributed by atoms with van der Waals surface area (Å²) in [5, 5.41) is 3.50. The van der Waals surface area contributed by atoms with E-state index in [1.54, 1.807) is 0 Å². The number of ether oxygens (including phenoxy) is 1. The molecule has 4 heteroatoms. The molecule has 0 saturated carbocycles. The highest BCUT2D eigenvalue weighted by atomic mass is 16.5. The number of nitrogens with zero attached hydrogens (tertiary/aromatic N) is 1. The van der Waals surface area contributed by atoms with Gasteiger partial charge in [-0.25, -0.2) is 4.98 Å². The maximum Gasteiger partial charge on any atom is 0.208 e. The van der Waals surface area contributed by atoms with Crippen LogP contribution in [0, 0.1) is 19.8 Å². The van der Waals surface area contributed by atoms with Crippen molar-refractivity contribution < 1.29 is 9.15 Å². The van der Waals surface area contributed by atoms with Gasteiger partial charge in [-0.15, -0.1) is 0 Å². The zero-order chi connectivity index (χ0) is 12.3. The van der Waals surface area contributed by atoms with Crippen LogP contribution in [0.1, 0.15) is 37.1 Å². The molecule has 0 bridgehead atoms. The minimum atomic E-state index is 0.492. The predicted molar refractivity (Wildman–Crippen MR) is 65.8 cm³/mol. The fraction of sp³-hybridized carbons (Fsp3) is 0.769. The van der Waals surface area contributed by atoms with Gasteiger partial charge in [-0.3, -0.25) is 0 Å². The lowest BCUT2D eigenvalue weighted by atomic mass is 9.93. The van der Waals surface area contributed by atoms with Crippen molar-refractivity contribution in [3.63, 3.8) is 0 Å². The Labute approximate surface area is 103 Å². The number of rotatable bonds is 4. The van der Waals surface area contributed by atoms with Gasteiger partial charge in [0.15, 0.2) is 0 Å². The maximum absolute atomic E-state index is 5.55. The monoisotopic (exact) mass is 238 g/mol. The lowest BCUT2D eigenvalue weighted by Gasteiger charge is -2.28. The van der Waals surface area contributed by atoms with E-state index in [1.807, 2.05) is 13.8 Å². The highest BCUT2D eigenvalue weighted by Crippen LogP contribution is 2.19. The van der Waals surface area contributed by atoms with Crippen LogP contribution in [0.25, 0.3) is 0 Å². The molecule has 0 spiro atoms. The molecule has 4 nitrogen and oxygen atoms in total. The van der Waals surface area contributed by atoms with E-state index >= 15 is 0 Å². The molecule has 0 amide bonds. The van der Waals surface area contributed by atoms with Crippen molar-refractivity contribution in [1.82, 2.24) is 10.3 Å². The molecule has 1 unspecified atom stereocenters. The van der Waals surface area contributed by atoms with Crippen molar-refractivity contribution in [3.8, 4) is 0 Å². The van der Waals surface area contributed by atoms with Gasteiger partial charge in [-0.1, -0.05) is 0 Å². The lowest BCUT2D eigenvalue weighted by Crippen LogP contribution is -2.36. The quantitative estimate of drug-likeness (QED) is 0.873. The number of nitrogens with one attached hydrogen (secondary N) is 1. The van der Waals surface area contributed by atoms with Crippen LogP contribution >= 0.6 is 0 Å². The smallest absolute Gasteiger partial charge is 0.208 e. The molecule has 1 N–H and O–H groups in total. The van der Waals surface area contributed by atoms with Crippen molar-refractivity contribution in [2.45, 2.75) is 46.2 Å². The van der Waals surface area contributed by atoms with E-state index in [0.29, 0.717) is 18.5 Å². The predicted octanol–water partition coefficient (Wildman–Crippen LogP) is 2.20. The van der Waals surface area contributed by atoms with Gasteiger partial charge in [-0.05, 0) is 39.5 Å². The summed E-state index contributed by atoms with van der Waals surface area (Å²) in [5.41, 5.74) is 0.987. The molecule has 1 atom stereocenters. The Bertz CT molecular complexity index is 337. The van der Waals surface area contributed by atoms with Crippen molar-refractivity contribution in [3.05, 3.63) is 17.3 Å². The van der Waals surface area contributed by atoms with Crippen molar-refractivity contribution in [1.29, 1.82) is 0 Å². The standard InChI is InChI=1S/C13H22N2O2/c1-9-11(3)17-13(15-9)8-14-10(2)12-4-6-16-7-5-12/h10,12,14H,4-8H2,1-3H3. The van der Waals surface area contributed by atoms with Crippen molar-refractivity contribution in [2.75, 3.05) is 13.2 Å². The number of aromatic nitrogens is 1. The highest BCUT2D eigenvalue weighted by molar-refractivity contribution is 5.05. The molecule has 1 saturated heterocycles. The lowest BCUT2D eigenvalue weighted by molar-refractivity contribution is 0.0555. The van der Waals surface area contributed by atoms with E-state index in [4.69, 9.17) is 9.15 Å². The van der Waals surface area contributed by atoms with Crippen LogP contribution in [0.5, 0.6) is 0 Å². The SMILES string of the molecule is Cc1nc(CNC(C)C2CCOCC2)oc1C. The Morgan fingerprint density at radius 1 is 1.35 bits per heavy atom. The molecule has 0 aromatic carbocycles. The molecule has 0 radical (unpaired) electrons. The van der Waals surface area contributed by atoms with Crippen LogP contribution < -0.4 is 5.32 Å². The van der Waals surface area contributed by atoms with Crippen LogP contribution in [0.3, 0.4) is 0 Å². The number of hydrogen-bond acceptors (Lipinski definition) is 4. The van der Waals surface area contributed by atoms with Gasteiger partial charge >= 0.3 is 0 Å². The summed E-state index contributed by atoms with van der Waals surface area (Å²) in [5.74, 6) is 2.42. The molecule has 2 rings (SSSR count). The maximum atomic E-state index is 5.55. The average molecular weight is 238 g/mol. The minimum absolute atomic E-state index is 0.492. The summed E-state index contributed by atoms with van der Waals surface area (Å²) in [6.45, 7) is 8.67. The summed E-state index contributed by atoms with van der Waals surface area (Å²) in [6.07, 6.45) is 2.30. The second kappa shape index (κ2) is 5.65. The second-order valence-electron chi connectivity index (χ2n) is 4.87. The zero-order valence-corrected chi connectivity index (χ0v) is 11.0. The molecule has 2 heterocycles. The molecule has 0 aliphatic carbocycles. The molecule has 96 valence electrons. The Balaban J connectivity index is 1.80. The fourth-order valence-corrected chi connectivity index (χ4v) is 2.25. The van der Waals surface area contributed by atoms with Gasteiger partial charge in [0, 0.05) is 19.3 Å². The van der Waals surface area contributed by atoms with Crippen molar-refractivity contribution in [2.24, 2.45) is 5.92 Å². The van der Waals surface area contributed by atoms with Crippen LogP contribution in [0.4, 0.5) is 0 Å². The molecular weight excluding hydrogens is 216 g/mol. The molecular formula is C13H22N2O2. The molecule has 1 fully saturated rings. The summed E-state index contributed by atoms with van der Waals surface area (Å²) in [6, 6.07) is 0.492. The Kier molecular flexibility index (Phi) is 4.18. The third-order valence-electron chi connectivity index (χ3n) is 3.62. The first-order valence-corrected chi connectivity index (χ1v) is 6.41. The molecule has 17 heavy (non-hydrogen) atoms. The third-order valence-corrected chi connectivity index (χ3v) is 3.62. The van der Waals surface area contributed by atoms with Crippen LogP contribution in [-0.2, 0) is 11.3 Å². The number of oxazole rings is 1. The number of hydrogen-bond donors (Lipinski definition) is 1. The largest absolute Gasteiger partial charge is 0.444 e. The van der Waals surface area contributed by atoms with Gasteiger partial charge in [-0.2, -0.15) is 0 Å².